The molecule has 0 fully saturated rings. The number of carbonyl (C=O) groups is 1. The van der Waals surface area contributed by atoms with E-state index in [0.29, 0.717) is 5.76 Å². The first-order valence-electron chi connectivity index (χ1n) is 8.08. The van der Waals surface area contributed by atoms with Gasteiger partial charge in [-0.1, -0.05) is 6.07 Å². The van der Waals surface area contributed by atoms with Crippen LogP contribution in [0, 0.1) is 6.92 Å². The van der Waals surface area contributed by atoms with Gasteiger partial charge in [0.25, 0.3) is 5.91 Å². The minimum Gasteiger partial charge on any atom is -0.464 e. The third-order valence-corrected chi connectivity index (χ3v) is 6.07. The zero-order chi connectivity index (χ0) is 18.8. The number of benzene rings is 1. The summed E-state index contributed by atoms with van der Waals surface area (Å²) in [4.78, 5) is 12.6. The predicted molar refractivity (Wildman–Crippen MR) is 95.9 cm³/mol. The lowest BCUT2D eigenvalue weighted by Gasteiger charge is -2.21. The van der Waals surface area contributed by atoms with E-state index in [1.807, 2.05) is 19.9 Å². The Bertz CT molecular complexity index is 855. The monoisotopic (exact) mass is 364 g/mol. The number of rotatable bonds is 6. The highest BCUT2D eigenvalue weighted by molar-refractivity contribution is 7.89. The lowest BCUT2D eigenvalue weighted by Crippen LogP contribution is -2.33. The summed E-state index contributed by atoms with van der Waals surface area (Å²) in [5.41, 5.74) is 0.286. The van der Waals surface area contributed by atoms with Crippen molar-refractivity contribution in [2.24, 2.45) is 0 Å². The highest BCUT2D eigenvalue weighted by Crippen LogP contribution is 2.19. The molecular formula is C18H24N2O4S. The fourth-order valence-electron chi connectivity index (χ4n) is 2.28. The Morgan fingerprint density at radius 2 is 1.84 bits per heavy atom. The molecule has 0 saturated carbocycles. The van der Waals surface area contributed by atoms with Crippen molar-refractivity contribution >= 4 is 15.9 Å². The summed E-state index contributed by atoms with van der Waals surface area (Å²) in [6, 6.07) is 9.17. The van der Waals surface area contributed by atoms with Crippen molar-refractivity contribution in [2.45, 2.75) is 44.7 Å². The standard InChI is InChI=1S/C18H24N2O4S/c1-12(2)20(5)25(22,23)16-8-6-7-15(11-16)18(21)19-14(4)17-10-9-13(3)24-17/h6-12,14H,1-5H3,(H,19,21). The number of aryl methyl sites for hydroxylation is 1. The Morgan fingerprint density at radius 1 is 1.16 bits per heavy atom. The van der Waals surface area contributed by atoms with Crippen LogP contribution < -0.4 is 5.32 Å². The van der Waals surface area contributed by atoms with Crippen LogP contribution in [0.1, 0.15) is 48.7 Å². The quantitative estimate of drug-likeness (QED) is 0.854. The van der Waals surface area contributed by atoms with Crippen molar-refractivity contribution in [3.8, 4) is 0 Å². The first-order chi connectivity index (χ1) is 11.6. The highest BCUT2D eigenvalue weighted by Gasteiger charge is 2.24. The smallest absolute Gasteiger partial charge is 0.251 e. The Hall–Kier alpha value is -2.12. The van der Waals surface area contributed by atoms with Gasteiger partial charge in [0.15, 0.2) is 0 Å². The van der Waals surface area contributed by atoms with Crippen LogP contribution in [0.2, 0.25) is 0 Å². The van der Waals surface area contributed by atoms with Gasteiger partial charge in [-0.05, 0) is 58.0 Å². The summed E-state index contributed by atoms with van der Waals surface area (Å²) in [6.07, 6.45) is 0. The number of sulfonamides is 1. The van der Waals surface area contributed by atoms with Crippen molar-refractivity contribution in [3.63, 3.8) is 0 Å². The van der Waals surface area contributed by atoms with Crippen LogP contribution in [0.5, 0.6) is 0 Å². The molecule has 0 spiro atoms. The maximum atomic E-state index is 12.6. The van der Waals surface area contributed by atoms with Crippen LogP contribution in [0.15, 0.2) is 45.7 Å². The van der Waals surface area contributed by atoms with Crippen LogP contribution in [0.25, 0.3) is 0 Å². The Morgan fingerprint density at radius 3 is 2.40 bits per heavy atom. The molecule has 1 heterocycles. The molecule has 1 N–H and O–H groups in total. The van der Waals surface area contributed by atoms with Crippen LogP contribution in [0.4, 0.5) is 0 Å². The summed E-state index contributed by atoms with van der Waals surface area (Å²) in [5.74, 6) is 1.06. The molecule has 0 aliphatic rings. The van der Waals surface area contributed by atoms with E-state index in [1.54, 1.807) is 32.0 Å². The van der Waals surface area contributed by atoms with E-state index in [9.17, 15) is 13.2 Å². The molecule has 2 rings (SSSR count). The van der Waals surface area contributed by atoms with Crippen molar-refractivity contribution in [2.75, 3.05) is 7.05 Å². The first kappa shape index (κ1) is 19.2. The van der Waals surface area contributed by atoms with Gasteiger partial charge in [0.05, 0.1) is 10.9 Å². The molecule has 0 saturated heterocycles. The molecule has 6 nitrogen and oxygen atoms in total. The summed E-state index contributed by atoms with van der Waals surface area (Å²) in [7, 11) is -2.11. The molecule has 7 heteroatoms. The summed E-state index contributed by atoms with van der Waals surface area (Å²) < 4.78 is 31.9. The largest absolute Gasteiger partial charge is 0.464 e. The fraction of sp³-hybridized carbons (Fsp3) is 0.389. The molecule has 1 aromatic carbocycles. The number of amides is 1. The fourth-order valence-corrected chi connectivity index (χ4v) is 3.69. The molecule has 1 amide bonds. The van der Waals surface area contributed by atoms with Gasteiger partial charge in [-0.15, -0.1) is 0 Å². The number of nitrogens with zero attached hydrogens (tertiary/aromatic N) is 1. The highest BCUT2D eigenvalue weighted by atomic mass is 32.2. The third kappa shape index (κ3) is 4.29. The molecule has 0 bridgehead atoms. The van der Waals surface area contributed by atoms with Crippen LogP contribution in [-0.2, 0) is 10.0 Å². The molecule has 0 aliphatic carbocycles. The third-order valence-electron chi connectivity index (χ3n) is 4.04. The maximum absolute atomic E-state index is 12.6. The number of carbonyl (C=O) groups excluding carboxylic acids is 1. The Kier molecular flexibility index (Phi) is 5.69. The second kappa shape index (κ2) is 7.41. The first-order valence-corrected chi connectivity index (χ1v) is 9.52. The minimum atomic E-state index is -3.64. The topological polar surface area (TPSA) is 79.6 Å². The van der Waals surface area contributed by atoms with Gasteiger partial charge in [0, 0.05) is 18.7 Å². The van der Waals surface area contributed by atoms with Gasteiger partial charge >= 0.3 is 0 Å². The van der Waals surface area contributed by atoms with E-state index in [0.717, 1.165) is 5.76 Å². The van der Waals surface area contributed by atoms with Crippen LogP contribution >= 0.6 is 0 Å². The van der Waals surface area contributed by atoms with E-state index in [1.165, 1.54) is 23.5 Å². The van der Waals surface area contributed by atoms with E-state index < -0.39 is 10.0 Å². The average Bonchev–Trinajstić information content (AvgIpc) is 3.00. The van der Waals surface area contributed by atoms with E-state index in [4.69, 9.17) is 4.42 Å². The molecule has 2 aromatic rings. The molecule has 1 aromatic heterocycles. The maximum Gasteiger partial charge on any atom is 0.251 e. The van der Waals surface area contributed by atoms with Gasteiger partial charge < -0.3 is 9.73 Å². The second-order valence-corrected chi connectivity index (χ2v) is 8.28. The van der Waals surface area contributed by atoms with Crippen LogP contribution in [-0.4, -0.2) is 31.7 Å². The van der Waals surface area contributed by atoms with Gasteiger partial charge in [-0.2, -0.15) is 4.31 Å². The number of nitrogens with one attached hydrogen (secondary N) is 1. The average molecular weight is 364 g/mol. The Balaban J connectivity index is 2.22. The van der Waals surface area contributed by atoms with Crippen molar-refractivity contribution in [1.29, 1.82) is 0 Å². The summed E-state index contributed by atoms with van der Waals surface area (Å²) in [6.45, 7) is 7.23. The van der Waals surface area contributed by atoms with E-state index >= 15 is 0 Å². The molecule has 1 unspecified atom stereocenters. The zero-order valence-corrected chi connectivity index (χ0v) is 15.9. The molecular weight excluding hydrogens is 340 g/mol. The normalized spacial score (nSPS) is 13.2. The molecule has 0 aliphatic heterocycles. The summed E-state index contributed by atoms with van der Waals surface area (Å²) in [5, 5.41) is 2.82. The van der Waals surface area contributed by atoms with Gasteiger partial charge in [0.1, 0.15) is 11.5 Å². The number of hydrogen-bond donors (Lipinski definition) is 1. The molecule has 0 radical (unpaired) electrons. The van der Waals surface area contributed by atoms with Crippen molar-refractivity contribution in [3.05, 3.63) is 53.5 Å². The minimum absolute atomic E-state index is 0.0952. The zero-order valence-electron chi connectivity index (χ0n) is 15.1. The lowest BCUT2D eigenvalue weighted by atomic mass is 10.2. The van der Waals surface area contributed by atoms with Crippen molar-refractivity contribution < 1.29 is 17.6 Å². The van der Waals surface area contributed by atoms with Gasteiger partial charge in [-0.25, -0.2) is 8.42 Å². The predicted octanol–water partition coefficient (Wildman–Crippen LogP) is 3.11. The van der Waals surface area contributed by atoms with E-state index in [2.05, 4.69) is 5.32 Å². The molecule has 136 valence electrons. The molecule has 1 atom stereocenters. The number of hydrogen-bond acceptors (Lipinski definition) is 4. The second-order valence-electron chi connectivity index (χ2n) is 6.29. The summed E-state index contributed by atoms with van der Waals surface area (Å²) >= 11 is 0. The van der Waals surface area contributed by atoms with Gasteiger partial charge in [0.2, 0.25) is 10.0 Å². The van der Waals surface area contributed by atoms with E-state index in [-0.39, 0.29) is 28.4 Å². The van der Waals surface area contributed by atoms with Crippen LogP contribution in [0.3, 0.4) is 0 Å². The van der Waals surface area contributed by atoms with Crippen molar-refractivity contribution in [1.82, 2.24) is 9.62 Å². The SMILES string of the molecule is Cc1ccc(C(C)NC(=O)c2cccc(S(=O)(=O)N(C)C(C)C)c2)o1. The lowest BCUT2D eigenvalue weighted by molar-refractivity contribution is 0.0935. The Labute approximate surface area is 148 Å². The number of furan rings is 1. The molecule has 25 heavy (non-hydrogen) atoms. The van der Waals surface area contributed by atoms with Gasteiger partial charge in [-0.3, -0.25) is 4.79 Å².